The van der Waals surface area contributed by atoms with Gasteiger partial charge in [-0.05, 0) is 48.4 Å². The van der Waals surface area contributed by atoms with Crippen LogP contribution in [0.3, 0.4) is 0 Å². The summed E-state index contributed by atoms with van der Waals surface area (Å²) in [6, 6.07) is 11.2. The molecule has 144 valence electrons. The molecule has 0 radical (unpaired) electrons. The van der Waals surface area contributed by atoms with E-state index in [0.717, 1.165) is 24.2 Å². The van der Waals surface area contributed by atoms with Gasteiger partial charge in [0.05, 0.1) is 5.69 Å². The lowest BCUT2D eigenvalue weighted by Crippen LogP contribution is -2.23. The van der Waals surface area contributed by atoms with E-state index in [2.05, 4.69) is 10.6 Å². The lowest BCUT2D eigenvalue weighted by Gasteiger charge is -2.15. The van der Waals surface area contributed by atoms with E-state index in [1.54, 1.807) is 11.0 Å². The fourth-order valence-corrected chi connectivity index (χ4v) is 2.93. The predicted octanol–water partition coefficient (Wildman–Crippen LogP) is 3.56. The fourth-order valence-electron chi connectivity index (χ4n) is 2.93. The summed E-state index contributed by atoms with van der Waals surface area (Å²) >= 11 is 0. The van der Waals surface area contributed by atoms with Crippen LogP contribution in [-0.4, -0.2) is 24.3 Å². The van der Waals surface area contributed by atoms with Crippen LogP contribution in [0.1, 0.15) is 25.3 Å². The summed E-state index contributed by atoms with van der Waals surface area (Å²) in [6.07, 6.45) is 4.32. The van der Waals surface area contributed by atoms with Gasteiger partial charge in [-0.1, -0.05) is 12.1 Å². The second kappa shape index (κ2) is 8.47. The SMILES string of the molecule is CC(=O)Nc1ccc(F)c(NC(=O)/C=C/c2ccc(N3CCCC3=O)cc2)c1. The first kappa shape index (κ1) is 19.3. The van der Waals surface area contributed by atoms with Crippen molar-refractivity contribution < 1.29 is 18.8 Å². The Kier molecular flexibility index (Phi) is 5.84. The van der Waals surface area contributed by atoms with Crippen LogP contribution in [0.15, 0.2) is 48.5 Å². The number of nitrogens with zero attached hydrogens (tertiary/aromatic N) is 1. The number of hydrogen-bond acceptors (Lipinski definition) is 3. The largest absolute Gasteiger partial charge is 0.326 e. The summed E-state index contributed by atoms with van der Waals surface area (Å²) in [5.41, 5.74) is 1.97. The molecule has 0 aromatic heterocycles. The molecule has 1 saturated heterocycles. The zero-order chi connectivity index (χ0) is 20.1. The lowest BCUT2D eigenvalue weighted by atomic mass is 10.2. The number of amides is 3. The molecular formula is C21H20FN3O3. The van der Waals surface area contributed by atoms with Crippen molar-refractivity contribution in [3.63, 3.8) is 0 Å². The molecule has 0 spiro atoms. The lowest BCUT2D eigenvalue weighted by molar-refractivity contribution is -0.117. The van der Waals surface area contributed by atoms with Gasteiger partial charge in [0.15, 0.2) is 0 Å². The number of carbonyl (C=O) groups is 3. The van der Waals surface area contributed by atoms with E-state index in [4.69, 9.17) is 0 Å². The average molecular weight is 381 g/mol. The monoisotopic (exact) mass is 381 g/mol. The summed E-state index contributed by atoms with van der Waals surface area (Å²) in [5.74, 6) is -1.28. The first-order chi connectivity index (χ1) is 13.4. The second-order valence-corrected chi connectivity index (χ2v) is 6.44. The van der Waals surface area contributed by atoms with Crippen LogP contribution in [-0.2, 0) is 14.4 Å². The number of anilines is 3. The minimum absolute atomic E-state index is 0.0243. The summed E-state index contributed by atoms with van der Waals surface area (Å²) in [4.78, 5) is 36.7. The highest BCUT2D eigenvalue weighted by Gasteiger charge is 2.21. The van der Waals surface area contributed by atoms with E-state index in [1.807, 2.05) is 24.3 Å². The van der Waals surface area contributed by atoms with E-state index in [1.165, 1.54) is 31.2 Å². The number of halogens is 1. The van der Waals surface area contributed by atoms with Gasteiger partial charge in [0.2, 0.25) is 17.7 Å². The molecule has 1 heterocycles. The molecule has 2 aromatic carbocycles. The third-order valence-electron chi connectivity index (χ3n) is 4.25. The van der Waals surface area contributed by atoms with Crippen LogP contribution in [0.5, 0.6) is 0 Å². The van der Waals surface area contributed by atoms with Crippen molar-refractivity contribution in [3.05, 3.63) is 59.9 Å². The third-order valence-corrected chi connectivity index (χ3v) is 4.25. The Labute approximate surface area is 162 Å². The van der Waals surface area contributed by atoms with Crippen LogP contribution < -0.4 is 15.5 Å². The predicted molar refractivity (Wildman–Crippen MR) is 106 cm³/mol. The Morgan fingerprint density at radius 1 is 1.11 bits per heavy atom. The van der Waals surface area contributed by atoms with Gasteiger partial charge < -0.3 is 15.5 Å². The Morgan fingerprint density at radius 2 is 1.86 bits per heavy atom. The first-order valence-corrected chi connectivity index (χ1v) is 8.89. The molecular weight excluding hydrogens is 361 g/mol. The van der Waals surface area contributed by atoms with Crippen molar-refractivity contribution in [2.24, 2.45) is 0 Å². The number of nitrogens with one attached hydrogen (secondary N) is 2. The standard InChI is InChI=1S/C21H20FN3O3/c1-14(26)23-16-7-10-18(22)19(13-16)24-20(27)11-6-15-4-8-17(9-5-15)25-12-2-3-21(25)28/h4-11,13H,2-3,12H2,1H3,(H,23,26)(H,24,27)/b11-6+. The number of hydrogen-bond donors (Lipinski definition) is 2. The highest BCUT2D eigenvalue weighted by atomic mass is 19.1. The van der Waals surface area contributed by atoms with E-state index < -0.39 is 11.7 Å². The quantitative estimate of drug-likeness (QED) is 0.778. The summed E-state index contributed by atoms with van der Waals surface area (Å²) in [6.45, 7) is 2.06. The van der Waals surface area contributed by atoms with Crippen LogP contribution >= 0.6 is 0 Å². The van der Waals surface area contributed by atoms with Crippen molar-refractivity contribution in [1.82, 2.24) is 0 Å². The van der Waals surface area contributed by atoms with E-state index in [0.29, 0.717) is 12.1 Å². The molecule has 0 atom stereocenters. The highest BCUT2D eigenvalue weighted by molar-refractivity contribution is 6.02. The zero-order valence-electron chi connectivity index (χ0n) is 15.4. The maximum atomic E-state index is 13.9. The summed E-state index contributed by atoms with van der Waals surface area (Å²) in [5, 5.41) is 4.98. The maximum absolute atomic E-state index is 13.9. The molecule has 1 aliphatic rings. The molecule has 28 heavy (non-hydrogen) atoms. The Balaban J connectivity index is 1.64. The van der Waals surface area contributed by atoms with Crippen molar-refractivity contribution in [2.45, 2.75) is 19.8 Å². The van der Waals surface area contributed by atoms with Gasteiger partial charge in [-0.15, -0.1) is 0 Å². The number of rotatable bonds is 5. The van der Waals surface area contributed by atoms with E-state index in [-0.39, 0.29) is 17.5 Å². The molecule has 0 bridgehead atoms. The molecule has 6 nitrogen and oxygen atoms in total. The molecule has 1 aliphatic heterocycles. The van der Waals surface area contributed by atoms with Crippen LogP contribution in [0.2, 0.25) is 0 Å². The third kappa shape index (κ3) is 4.82. The van der Waals surface area contributed by atoms with Gasteiger partial charge in [-0.3, -0.25) is 14.4 Å². The first-order valence-electron chi connectivity index (χ1n) is 8.89. The maximum Gasteiger partial charge on any atom is 0.248 e. The average Bonchev–Trinajstić information content (AvgIpc) is 3.09. The van der Waals surface area contributed by atoms with Gasteiger partial charge in [0.25, 0.3) is 0 Å². The van der Waals surface area contributed by atoms with Crippen molar-refractivity contribution in [2.75, 3.05) is 22.1 Å². The van der Waals surface area contributed by atoms with Crippen molar-refractivity contribution >= 4 is 40.9 Å². The molecule has 7 heteroatoms. The van der Waals surface area contributed by atoms with Crippen molar-refractivity contribution in [1.29, 1.82) is 0 Å². The fraction of sp³-hybridized carbons (Fsp3) is 0.190. The summed E-state index contributed by atoms with van der Waals surface area (Å²) < 4.78 is 13.9. The molecule has 1 fully saturated rings. The minimum atomic E-state index is -0.601. The topological polar surface area (TPSA) is 78.5 Å². The Hall–Kier alpha value is -3.48. The van der Waals surface area contributed by atoms with Crippen LogP contribution in [0, 0.1) is 5.82 Å². The Morgan fingerprint density at radius 3 is 2.50 bits per heavy atom. The van der Waals surface area contributed by atoms with Gasteiger partial charge in [0.1, 0.15) is 5.82 Å². The molecule has 0 unspecified atom stereocenters. The van der Waals surface area contributed by atoms with Gasteiger partial charge >= 0.3 is 0 Å². The normalized spacial score (nSPS) is 13.8. The number of carbonyl (C=O) groups excluding carboxylic acids is 3. The smallest absolute Gasteiger partial charge is 0.248 e. The minimum Gasteiger partial charge on any atom is -0.326 e. The molecule has 2 N–H and O–H groups in total. The molecule has 2 aromatic rings. The van der Waals surface area contributed by atoms with E-state index in [9.17, 15) is 18.8 Å². The second-order valence-electron chi connectivity index (χ2n) is 6.44. The van der Waals surface area contributed by atoms with Crippen LogP contribution in [0.4, 0.5) is 21.5 Å². The molecule has 0 aliphatic carbocycles. The van der Waals surface area contributed by atoms with Crippen molar-refractivity contribution in [3.8, 4) is 0 Å². The Bertz CT molecular complexity index is 938. The zero-order valence-corrected chi connectivity index (χ0v) is 15.4. The summed E-state index contributed by atoms with van der Waals surface area (Å²) in [7, 11) is 0. The van der Waals surface area contributed by atoms with Crippen LogP contribution in [0.25, 0.3) is 6.08 Å². The molecule has 3 rings (SSSR count). The molecule has 0 saturated carbocycles. The highest BCUT2D eigenvalue weighted by Crippen LogP contribution is 2.22. The number of benzene rings is 2. The van der Waals surface area contributed by atoms with Gasteiger partial charge in [-0.25, -0.2) is 4.39 Å². The van der Waals surface area contributed by atoms with Gasteiger partial charge in [0, 0.05) is 37.3 Å². The van der Waals surface area contributed by atoms with Gasteiger partial charge in [-0.2, -0.15) is 0 Å². The molecule has 3 amide bonds. The van der Waals surface area contributed by atoms with E-state index >= 15 is 0 Å².